The van der Waals surface area contributed by atoms with Crippen LogP contribution in [-0.4, -0.2) is 107 Å². The fourth-order valence-corrected chi connectivity index (χ4v) is 4.49. The van der Waals surface area contributed by atoms with Crippen molar-refractivity contribution in [2.45, 2.75) is 50.0 Å². The SMILES string of the molecule is O=[N+]([O-])c1cc(N2CCOCC2)ccc1NCCCCCCN1CC(O)[C@H](O)C(O)C1CO. The minimum atomic E-state index is -1.24. The number of hydrogen-bond acceptors (Lipinski definition) is 10. The monoisotopic (exact) mass is 468 g/mol. The van der Waals surface area contributed by atoms with E-state index in [2.05, 4.69) is 10.2 Å². The number of likely N-dealkylation sites (tertiary alicyclic amines) is 1. The molecule has 2 fully saturated rings. The van der Waals surface area contributed by atoms with E-state index in [4.69, 9.17) is 4.74 Å². The highest BCUT2D eigenvalue weighted by molar-refractivity contribution is 5.68. The predicted octanol–water partition coefficient (Wildman–Crippen LogP) is 0.163. The highest BCUT2D eigenvalue weighted by Gasteiger charge is 2.40. The molecule has 0 bridgehead atoms. The highest BCUT2D eigenvalue weighted by atomic mass is 16.6. The van der Waals surface area contributed by atoms with Crippen LogP contribution in [0.5, 0.6) is 0 Å². The quantitative estimate of drug-likeness (QED) is 0.173. The van der Waals surface area contributed by atoms with E-state index < -0.39 is 24.4 Å². The Morgan fingerprint density at radius 2 is 1.82 bits per heavy atom. The number of rotatable bonds is 11. The number of unbranched alkanes of at least 4 members (excludes halogenated alkanes) is 3. The van der Waals surface area contributed by atoms with Gasteiger partial charge < -0.3 is 35.4 Å². The van der Waals surface area contributed by atoms with Crippen LogP contribution in [0.3, 0.4) is 0 Å². The summed E-state index contributed by atoms with van der Waals surface area (Å²) in [4.78, 5) is 15.1. The van der Waals surface area contributed by atoms with Crippen molar-refractivity contribution in [2.24, 2.45) is 0 Å². The van der Waals surface area contributed by atoms with Crippen molar-refractivity contribution in [2.75, 3.05) is 62.8 Å². The Morgan fingerprint density at radius 1 is 1.09 bits per heavy atom. The second-order valence-corrected chi connectivity index (χ2v) is 8.69. The van der Waals surface area contributed by atoms with Gasteiger partial charge in [-0.25, -0.2) is 0 Å². The summed E-state index contributed by atoms with van der Waals surface area (Å²) in [7, 11) is 0. The van der Waals surface area contributed by atoms with Gasteiger partial charge in [0.2, 0.25) is 0 Å². The van der Waals surface area contributed by atoms with E-state index in [1.54, 1.807) is 12.1 Å². The Bertz CT molecular complexity index is 762. The summed E-state index contributed by atoms with van der Waals surface area (Å²) in [6.45, 7) is 3.84. The summed E-state index contributed by atoms with van der Waals surface area (Å²) >= 11 is 0. The normalized spacial score (nSPS) is 26.4. The molecule has 5 N–H and O–H groups in total. The number of nitro benzene ring substituents is 1. The van der Waals surface area contributed by atoms with Gasteiger partial charge in [0.15, 0.2) is 0 Å². The second kappa shape index (κ2) is 12.4. The Balaban J connectivity index is 1.39. The van der Waals surface area contributed by atoms with Crippen molar-refractivity contribution in [1.29, 1.82) is 0 Å². The van der Waals surface area contributed by atoms with E-state index in [0.717, 1.165) is 44.5 Å². The van der Waals surface area contributed by atoms with E-state index in [1.807, 2.05) is 11.0 Å². The fourth-order valence-electron chi connectivity index (χ4n) is 4.49. The average molecular weight is 469 g/mol. The molecule has 186 valence electrons. The van der Waals surface area contributed by atoms with E-state index in [9.17, 15) is 30.5 Å². The summed E-state index contributed by atoms with van der Waals surface area (Å²) < 4.78 is 5.34. The number of benzene rings is 1. The van der Waals surface area contributed by atoms with Crippen molar-refractivity contribution in [3.8, 4) is 0 Å². The molecule has 2 heterocycles. The molecule has 0 radical (unpaired) electrons. The van der Waals surface area contributed by atoms with E-state index in [0.29, 0.717) is 32.0 Å². The number of aliphatic hydroxyl groups excluding tert-OH is 4. The zero-order valence-electron chi connectivity index (χ0n) is 18.9. The van der Waals surface area contributed by atoms with Gasteiger partial charge in [0.05, 0.1) is 36.9 Å². The van der Waals surface area contributed by atoms with E-state index in [-0.39, 0.29) is 23.8 Å². The molecular formula is C22H36N4O7. The molecule has 11 nitrogen and oxygen atoms in total. The molecule has 0 spiro atoms. The molecule has 3 rings (SSSR count). The van der Waals surface area contributed by atoms with Crippen LogP contribution >= 0.6 is 0 Å². The molecule has 4 atom stereocenters. The Labute approximate surface area is 193 Å². The molecule has 0 saturated carbocycles. The number of hydrogen-bond donors (Lipinski definition) is 5. The molecule has 2 aliphatic rings. The van der Waals surface area contributed by atoms with Crippen LogP contribution in [0.4, 0.5) is 17.1 Å². The third-order valence-electron chi connectivity index (χ3n) is 6.46. The zero-order valence-corrected chi connectivity index (χ0v) is 18.9. The third kappa shape index (κ3) is 6.75. The average Bonchev–Trinajstić information content (AvgIpc) is 2.82. The van der Waals surface area contributed by atoms with Gasteiger partial charge in [-0.2, -0.15) is 0 Å². The van der Waals surface area contributed by atoms with Gasteiger partial charge in [0, 0.05) is 37.9 Å². The number of morpholine rings is 1. The molecular weight excluding hydrogens is 432 g/mol. The lowest BCUT2D eigenvalue weighted by molar-refractivity contribution is -0.383. The van der Waals surface area contributed by atoms with Crippen molar-refractivity contribution in [3.05, 3.63) is 28.3 Å². The third-order valence-corrected chi connectivity index (χ3v) is 6.46. The molecule has 2 saturated heterocycles. The van der Waals surface area contributed by atoms with Crippen LogP contribution < -0.4 is 10.2 Å². The van der Waals surface area contributed by atoms with Gasteiger partial charge in [0.25, 0.3) is 5.69 Å². The second-order valence-electron chi connectivity index (χ2n) is 8.69. The maximum absolute atomic E-state index is 11.5. The topological polar surface area (TPSA) is 152 Å². The van der Waals surface area contributed by atoms with Gasteiger partial charge in [-0.1, -0.05) is 12.8 Å². The number of anilines is 2. The maximum Gasteiger partial charge on any atom is 0.294 e. The summed E-state index contributed by atoms with van der Waals surface area (Å²) in [5.41, 5.74) is 1.41. The van der Waals surface area contributed by atoms with Gasteiger partial charge in [0.1, 0.15) is 17.9 Å². The van der Waals surface area contributed by atoms with E-state index in [1.165, 1.54) is 0 Å². The Kier molecular flexibility index (Phi) is 9.65. The first-order valence-electron chi connectivity index (χ1n) is 11.7. The first kappa shape index (κ1) is 25.6. The van der Waals surface area contributed by atoms with Crippen LogP contribution in [0, 0.1) is 10.1 Å². The highest BCUT2D eigenvalue weighted by Crippen LogP contribution is 2.30. The molecule has 0 amide bonds. The molecule has 1 aromatic carbocycles. The molecule has 2 aliphatic heterocycles. The lowest BCUT2D eigenvalue weighted by atomic mass is 9.94. The van der Waals surface area contributed by atoms with Crippen molar-refractivity contribution in [1.82, 2.24) is 4.90 Å². The van der Waals surface area contributed by atoms with Crippen LogP contribution in [0.1, 0.15) is 25.7 Å². The Hall–Kier alpha value is -2.02. The molecule has 0 aliphatic carbocycles. The summed E-state index contributed by atoms with van der Waals surface area (Å²) in [5, 5.41) is 53.9. The van der Waals surface area contributed by atoms with Crippen LogP contribution in [0.25, 0.3) is 0 Å². The number of aliphatic hydroxyl groups is 4. The van der Waals surface area contributed by atoms with Gasteiger partial charge >= 0.3 is 0 Å². The molecule has 33 heavy (non-hydrogen) atoms. The van der Waals surface area contributed by atoms with E-state index >= 15 is 0 Å². The number of nitrogens with zero attached hydrogens (tertiary/aromatic N) is 3. The molecule has 1 aromatic rings. The largest absolute Gasteiger partial charge is 0.395 e. The van der Waals surface area contributed by atoms with Crippen molar-refractivity contribution < 1.29 is 30.1 Å². The number of piperidine rings is 1. The molecule has 0 aromatic heterocycles. The predicted molar refractivity (Wildman–Crippen MR) is 124 cm³/mol. The lowest BCUT2D eigenvalue weighted by Gasteiger charge is -2.43. The van der Waals surface area contributed by atoms with Gasteiger partial charge in [-0.05, 0) is 31.5 Å². The number of ether oxygens (including phenoxy) is 1. The number of β-amino-alcohol motifs (C(OH)–C–C–N with tert-alkyl or cyclic N) is 1. The fraction of sp³-hybridized carbons (Fsp3) is 0.727. The van der Waals surface area contributed by atoms with Crippen molar-refractivity contribution >= 4 is 17.1 Å². The summed E-state index contributed by atoms with van der Waals surface area (Å²) in [6.07, 6.45) is 0.0411. The standard InChI is InChI=1S/C22H36N4O7/c27-15-19-21(29)22(30)20(28)14-25(19)8-4-2-1-3-7-23-17-6-5-16(13-18(17)26(31)32)24-9-11-33-12-10-24/h5-6,13,19-23,27-30H,1-4,7-12,14-15H2/t19?,20?,21?,22-/m0/s1. The lowest BCUT2D eigenvalue weighted by Crippen LogP contribution is -2.62. The van der Waals surface area contributed by atoms with Gasteiger partial charge in [-0.3, -0.25) is 15.0 Å². The van der Waals surface area contributed by atoms with Crippen molar-refractivity contribution in [3.63, 3.8) is 0 Å². The Morgan fingerprint density at radius 3 is 2.52 bits per heavy atom. The summed E-state index contributed by atoms with van der Waals surface area (Å²) in [6, 6.07) is 4.70. The minimum Gasteiger partial charge on any atom is -0.395 e. The smallest absolute Gasteiger partial charge is 0.294 e. The first-order chi connectivity index (χ1) is 15.9. The van der Waals surface area contributed by atoms with Crippen LogP contribution in [0.15, 0.2) is 18.2 Å². The first-order valence-corrected chi connectivity index (χ1v) is 11.7. The van der Waals surface area contributed by atoms with Crippen LogP contribution in [-0.2, 0) is 4.74 Å². The maximum atomic E-state index is 11.5. The molecule has 3 unspecified atom stereocenters. The molecule has 11 heteroatoms. The number of nitrogens with one attached hydrogen (secondary N) is 1. The van der Waals surface area contributed by atoms with Gasteiger partial charge in [-0.15, -0.1) is 0 Å². The zero-order chi connectivity index (χ0) is 23.8. The van der Waals surface area contributed by atoms with Crippen LogP contribution in [0.2, 0.25) is 0 Å². The summed E-state index contributed by atoms with van der Waals surface area (Å²) in [5.74, 6) is 0. The number of nitro groups is 1. The minimum absolute atomic E-state index is 0.0680.